The Hall–Kier alpha value is -1.60. The smallest absolute Gasteiger partial charge is 0.241 e. The molecule has 0 aromatic heterocycles. The standard InChI is InChI=1S/C15H23N3O3S/c1-4-10(2)14(16)15(19)17-12-6-5-11-7-8-18(13(11)9-12)22(3,20)21/h5-6,9-10,14H,4,7-8,16H2,1-3H3,(H,17,19)/t10?,14-/m0/s1. The van der Waals surface area contributed by atoms with Crippen molar-refractivity contribution in [2.75, 3.05) is 22.4 Å². The molecule has 1 aromatic carbocycles. The monoisotopic (exact) mass is 325 g/mol. The number of nitrogens with two attached hydrogens (primary N) is 1. The van der Waals surface area contributed by atoms with Crippen LogP contribution in [-0.4, -0.2) is 33.2 Å². The molecule has 1 amide bonds. The Bertz CT molecular complexity index is 673. The van der Waals surface area contributed by atoms with Gasteiger partial charge in [0.05, 0.1) is 18.0 Å². The van der Waals surface area contributed by atoms with Gasteiger partial charge in [-0.3, -0.25) is 9.10 Å². The van der Waals surface area contributed by atoms with Gasteiger partial charge in [0, 0.05) is 12.2 Å². The molecule has 0 radical (unpaired) electrons. The Morgan fingerprint density at radius 1 is 1.45 bits per heavy atom. The van der Waals surface area contributed by atoms with Crippen LogP contribution in [0.1, 0.15) is 25.8 Å². The summed E-state index contributed by atoms with van der Waals surface area (Å²) in [7, 11) is -3.30. The summed E-state index contributed by atoms with van der Waals surface area (Å²) in [6, 6.07) is 4.76. The van der Waals surface area contributed by atoms with Gasteiger partial charge in [-0.15, -0.1) is 0 Å². The van der Waals surface area contributed by atoms with Gasteiger partial charge in [-0.2, -0.15) is 0 Å². The number of nitrogens with one attached hydrogen (secondary N) is 1. The zero-order valence-electron chi connectivity index (χ0n) is 13.2. The summed E-state index contributed by atoms with van der Waals surface area (Å²) in [6.45, 7) is 4.35. The molecule has 1 unspecified atom stereocenters. The summed E-state index contributed by atoms with van der Waals surface area (Å²) in [6.07, 6.45) is 2.69. The molecule has 0 spiro atoms. The maximum Gasteiger partial charge on any atom is 0.241 e. The Kier molecular flexibility index (Phi) is 4.77. The minimum atomic E-state index is -3.30. The normalized spacial score (nSPS) is 17.0. The van der Waals surface area contributed by atoms with E-state index in [1.165, 1.54) is 10.6 Å². The van der Waals surface area contributed by atoms with E-state index in [1.807, 2.05) is 19.9 Å². The Balaban J connectivity index is 2.20. The molecule has 122 valence electrons. The first-order valence-electron chi connectivity index (χ1n) is 7.41. The van der Waals surface area contributed by atoms with Crippen LogP contribution < -0.4 is 15.4 Å². The highest BCUT2D eigenvalue weighted by molar-refractivity contribution is 7.92. The summed E-state index contributed by atoms with van der Waals surface area (Å²) in [5.41, 5.74) is 8.08. The molecule has 0 fully saturated rings. The zero-order chi connectivity index (χ0) is 16.5. The molecule has 1 aliphatic rings. The third-order valence-corrected chi connectivity index (χ3v) is 5.35. The summed E-state index contributed by atoms with van der Waals surface area (Å²) in [4.78, 5) is 12.1. The average molecular weight is 325 g/mol. The summed E-state index contributed by atoms with van der Waals surface area (Å²) >= 11 is 0. The van der Waals surface area contributed by atoms with E-state index in [0.29, 0.717) is 24.3 Å². The van der Waals surface area contributed by atoms with E-state index in [4.69, 9.17) is 5.73 Å². The average Bonchev–Trinajstić information content (AvgIpc) is 2.88. The predicted octanol–water partition coefficient (Wildman–Crippen LogP) is 1.32. The van der Waals surface area contributed by atoms with Crippen LogP contribution in [0, 0.1) is 5.92 Å². The number of hydrogen-bond acceptors (Lipinski definition) is 4. The highest BCUT2D eigenvalue weighted by Gasteiger charge is 2.27. The number of fused-ring (bicyclic) bond motifs is 1. The van der Waals surface area contributed by atoms with Crippen LogP contribution >= 0.6 is 0 Å². The van der Waals surface area contributed by atoms with Crippen molar-refractivity contribution in [1.82, 2.24) is 0 Å². The Morgan fingerprint density at radius 3 is 2.73 bits per heavy atom. The van der Waals surface area contributed by atoms with Crippen molar-refractivity contribution >= 4 is 27.3 Å². The van der Waals surface area contributed by atoms with Gasteiger partial charge in [-0.1, -0.05) is 26.3 Å². The molecule has 1 aliphatic heterocycles. The van der Waals surface area contributed by atoms with Crippen molar-refractivity contribution in [2.45, 2.75) is 32.7 Å². The van der Waals surface area contributed by atoms with Gasteiger partial charge in [0.25, 0.3) is 0 Å². The molecule has 0 bridgehead atoms. The lowest BCUT2D eigenvalue weighted by Gasteiger charge is -2.19. The second-order valence-electron chi connectivity index (χ2n) is 5.83. The molecular formula is C15H23N3O3S. The van der Waals surface area contributed by atoms with Crippen LogP contribution in [0.25, 0.3) is 0 Å². The number of nitrogens with zero attached hydrogens (tertiary/aromatic N) is 1. The fraction of sp³-hybridized carbons (Fsp3) is 0.533. The molecule has 0 saturated heterocycles. The first kappa shape index (κ1) is 16.8. The second kappa shape index (κ2) is 6.26. The van der Waals surface area contributed by atoms with Crippen molar-refractivity contribution in [1.29, 1.82) is 0 Å². The molecule has 1 heterocycles. The van der Waals surface area contributed by atoms with Gasteiger partial charge in [0.15, 0.2) is 0 Å². The number of benzene rings is 1. The first-order chi connectivity index (χ1) is 10.2. The first-order valence-corrected chi connectivity index (χ1v) is 9.26. The largest absolute Gasteiger partial charge is 0.325 e. The van der Waals surface area contributed by atoms with Crippen molar-refractivity contribution < 1.29 is 13.2 Å². The molecule has 2 rings (SSSR count). The molecule has 2 atom stereocenters. The van der Waals surface area contributed by atoms with Gasteiger partial charge in [0.2, 0.25) is 15.9 Å². The topological polar surface area (TPSA) is 92.5 Å². The van der Waals surface area contributed by atoms with E-state index < -0.39 is 16.1 Å². The molecule has 3 N–H and O–H groups in total. The highest BCUT2D eigenvalue weighted by atomic mass is 32.2. The lowest BCUT2D eigenvalue weighted by molar-refractivity contribution is -0.118. The third kappa shape index (κ3) is 3.41. The number of anilines is 2. The highest BCUT2D eigenvalue weighted by Crippen LogP contribution is 2.32. The van der Waals surface area contributed by atoms with Crippen molar-refractivity contribution in [3.8, 4) is 0 Å². The lowest BCUT2D eigenvalue weighted by Crippen LogP contribution is -2.40. The van der Waals surface area contributed by atoms with Crippen molar-refractivity contribution in [2.24, 2.45) is 11.7 Å². The minimum Gasteiger partial charge on any atom is -0.325 e. The van der Waals surface area contributed by atoms with E-state index in [9.17, 15) is 13.2 Å². The molecular weight excluding hydrogens is 302 g/mol. The fourth-order valence-corrected chi connectivity index (χ4v) is 3.46. The minimum absolute atomic E-state index is 0.0851. The maximum atomic E-state index is 12.1. The van der Waals surface area contributed by atoms with Crippen LogP contribution in [0.2, 0.25) is 0 Å². The quantitative estimate of drug-likeness (QED) is 0.854. The van der Waals surface area contributed by atoms with E-state index in [2.05, 4.69) is 5.32 Å². The van der Waals surface area contributed by atoms with Crippen LogP contribution in [0.4, 0.5) is 11.4 Å². The van der Waals surface area contributed by atoms with E-state index in [-0.39, 0.29) is 11.8 Å². The lowest BCUT2D eigenvalue weighted by atomic mass is 9.99. The van der Waals surface area contributed by atoms with Crippen LogP contribution in [0.5, 0.6) is 0 Å². The van der Waals surface area contributed by atoms with Crippen LogP contribution in [0.3, 0.4) is 0 Å². The summed E-state index contributed by atoms with van der Waals surface area (Å²) < 4.78 is 24.9. The van der Waals surface area contributed by atoms with Crippen LogP contribution in [0.15, 0.2) is 18.2 Å². The number of sulfonamides is 1. The zero-order valence-corrected chi connectivity index (χ0v) is 14.0. The fourth-order valence-electron chi connectivity index (χ4n) is 2.51. The van der Waals surface area contributed by atoms with Crippen molar-refractivity contribution in [3.63, 3.8) is 0 Å². The number of amides is 1. The molecule has 6 nitrogen and oxygen atoms in total. The van der Waals surface area contributed by atoms with E-state index in [1.54, 1.807) is 12.1 Å². The van der Waals surface area contributed by atoms with E-state index >= 15 is 0 Å². The Morgan fingerprint density at radius 2 is 2.14 bits per heavy atom. The van der Waals surface area contributed by atoms with Gasteiger partial charge in [-0.25, -0.2) is 8.42 Å². The molecule has 0 aliphatic carbocycles. The van der Waals surface area contributed by atoms with Crippen LogP contribution in [-0.2, 0) is 21.2 Å². The molecule has 1 aromatic rings. The van der Waals surface area contributed by atoms with Gasteiger partial charge in [0.1, 0.15) is 0 Å². The SMILES string of the molecule is CCC(C)[C@H](N)C(=O)Nc1ccc2c(c1)N(S(C)(=O)=O)CC2. The van der Waals surface area contributed by atoms with Gasteiger partial charge in [-0.05, 0) is 30.0 Å². The van der Waals surface area contributed by atoms with Gasteiger partial charge < -0.3 is 11.1 Å². The molecule has 7 heteroatoms. The molecule has 22 heavy (non-hydrogen) atoms. The second-order valence-corrected chi connectivity index (χ2v) is 7.74. The Labute approximate surface area is 131 Å². The number of carbonyl (C=O) groups is 1. The number of carbonyl (C=O) groups excluding carboxylic acids is 1. The van der Waals surface area contributed by atoms with E-state index in [0.717, 1.165) is 12.0 Å². The predicted molar refractivity (Wildman–Crippen MR) is 88.4 cm³/mol. The maximum absolute atomic E-state index is 12.1. The summed E-state index contributed by atoms with van der Waals surface area (Å²) in [5.74, 6) is -0.167. The number of rotatable bonds is 5. The number of hydrogen-bond donors (Lipinski definition) is 2. The molecule has 0 saturated carbocycles. The van der Waals surface area contributed by atoms with Crippen molar-refractivity contribution in [3.05, 3.63) is 23.8 Å². The third-order valence-electron chi connectivity index (χ3n) is 4.17. The van der Waals surface area contributed by atoms with Gasteiger partial charge >= 0.3 is 0 Å². The summed E-state index contributed by atoms with van der Waals surface area (Å²) in [5, 5.41) is 2.77.